The predicted molar refractivity (Wildman–Crippen MR) is 153 cm³/mol. The van der Waals surface area contributed by atoms with Crippen LogP contribution in [0.1, 0.15) is 63.9 Å². The molecule has 0 saturated heterocycles. The Bertz CT molecular complexity index is 1380. The van der Waals surface area contributed by atoms with Gasteiger partial charge in [-0.05, 0) is 74.3 Å². The van der Waals surface area contributed by atoms with Crippen LogP contribution in [-0.4, -0.2) is 50.6 Å². The molecule has 1 aliphatic heterocycles. The molecule has 0 unspecified atom stereocenters. The molecule has 39 heavy (non-hydrogen) atoms. The van der Waals surface area contributed by atoms with E-state index in [1.807, 2.05) is 13.0 Å². The molecule has 2 amide bonds. The first kappa shape index (κ1) is 28.4. The van der Waals surface area contributed by atoms with Gasteiger partial charge in [0.1, 0.15) is 0 Å². The van der Waals surface area contributed by atoms with Crippen LogP contribution in [0.25, 0.3) is 0 Å². The van der Waals surface area contributed by atoms with Crippen LogP contribution in [-0.2, 0) is 16.4 Å². The highest BCUT2D eigenvalue weighted by atomic mass is 32.2. The van der Waals surface area contributed by atoms with Gasteiger partial charge < -0.3 is 15.5 Å². The van der Waals surface area contributed by atoms with E-state index in [2.05, 4.69) is 15.6 Å². The van der Waals surface area contributed by atoms with E-state index in [1.54, 1.807) is 65.8 Å². The van der Waals surface area contributed by atoms with Crippen molar-refractivity contribution in [1.82, 2.24) is 15.6 Å². The average molecular weight is 549 g/mol. The summed E-state index contributed by atoms with van der Waals surface area (Å²) in [6.45, 7) is 3.84. The lowest BCUT2D eigenvalue weighted by Gasteiger charge is -2.27. The van der Waals surface area contributed by atoms with Gasteiger partial charge in [0.05, 0.1) is 10.6 Å². The lowest BCUT2D eigenvalue weighted by atomic mass is 10.0. The molecule has 4 rings (SSSR count). The summed E-state index contributed by atoms with van der Waals surface area (Å²) in [6, 6.07) is 15.4. The maximum atomic E-state index is 13.5. The van der Waals surface area contributed by atoms with E-state index in [0.717, 1.165) is 55.5 Å². The van der Waals surface area contributed by atoms with Crippen LogP contribution >= 0.6 is 0 Å². The normalized spacial score (nSPS) is 14.9. The number of nitrogens with one attached hydrogen (secondary N) is 2. The van der Waals surface area contributed by atoms with Gasteiger partial charge in [0, 0.05) is 48.8 Å². The second kappa shape index (κ2) is 13.5. The number of carbonyl (C=O) groups excluding carboxylic acids is 2. The first-order chi connectivity index (χ1) is 18.8. The number of carbonyl (C=O) groups is 2. The van der Waals surface area contributed by atoms with Crippen LogP contribution in [0.15, 0.2) is 71.9 Å². The second-order valence-electron chi connectivity index (χ2n) is 9.87. The van der Waals surface area contributed by atoms with Crippen molar-refractivity contribution in [2.75, 3.05) is 30.3 Å². The number of aromatic nitrogens is 1. The van der Waals surface area contributed by atoms with E-state index in [4.69, 9.17) is 0 Å². The Morgan fingerprint density at radius 2 is 1.64 bits per heavy atom. The fourth-order valence-corrected chi connectivity index (χ4v) is 5.81. The minimum Gasteiger partial charge on any atom is -0.351 e. The lowest BCUT2D eigenvalue weighted by molar-refractivity contribution is 0.0954. The van der Waals surface area contributed by atoms with Gasteiger partial charge in [-0.1, -0.05) is 37.0 Å². The Balaban J connectivity index is 1.52. The zero-order valence-electron chi connectivity index (χ0n) is 22.4. The molecule has 9 heteroatoms. The van der Waals surface area contributed by atoms with Crippen molar-refractivity contribution in [3.8, 4) is 0 Å². The van der Waals surface area contributed by atoms with Crippen LogP contribution in [0.4, 0.5) is 5.69 Å². The summed E-state index contributed by atoms with van der Waals surface area (Å²) >= 11 is 0. The predicted octanol–water partition coefficient (Wildman–Crippen LogP) is 4.29. The number of sulfone groups is 1. The summed E-state index contributed by atoms with van der Waals surface area (Å²) in [5.74, 6) is -0.646. The van der Waals surface area contributed by atoms with Crippen molar-refractivity contribution in [3.05, 3.63) is 89.2 Å². The Morgan fingerprint density at radius 3 is 2.41 bits per heavy atom. The molecule has 0 saturated carbocycles. The molecule has 0 atom stereocenters. The van der Waals surface area contributed by atoms with Crippen LogP contribution in [0.2, 0.25) is 0 Å². The SMILES string of the molecule is Cc1ccc(S(=O)(=O)CCNC(=O)c2ccc3c(c2)CNCCCCCCCN3C(=O)c2ccncc2)cc1. The fraction of sp³-hybridized carbons (Fsp3) is 0.367. The number of benzene rings is 2. The van der Waals surface area contributed by atoms with Gasteiger partial charge in [-0.2, -0.15) is 0 Å². The number of hydrogen-bond donors (Lipinski definition) is 2. The van der Waals surface area contributed by atoms with Crippen LogP contribution in [0, 0.1) is 6.92 Å². The van der Waals surface area contributed by atoms with Gasteiger partial charge in [-0.15, -0.1) is 0 Å². The topological polar surface area (TPSA) is 108 Å². The van der Waals surface area contributed by atoms with Crippen LogP contribution in [0.5, 0.6) is 0 Å². The molecule has 2 N–H and O–H groups in total. The zero-order valence-corrected chi connectivity index (χ0v) is 23.2. The molecular formula is C30H36N4O4S. The summed E-state index contributed by atoms with van der Waals surface area (Å²) < 4.78 is 25.3. The molecule has 0 bridgehead atoms. The van der Waals surface area contributed by atoms with E-state index in [9.17, 15) is 18.0 Å². The fourth-order valence-electron chi connectivity index (χ4n) is 4.65. The third kappa shape index (κ3) is 7.74. The van der Waals surface area contributed by atoms with E-state index >= 15 is 0 Å². The Morgan fingerprint density at radius 1 is 0.923 bits per heavy atom. The summed E-state index contributed by atoms with van der Waals surface area (Å²) in [5.41, 5.74) is 3.58. The lowest BCUT2D eigenvalue weighted by Crippen LogP contribution is -2.34. The van der Waals surface area contributed by atoms with Crippen molar-refractivity contribution in [1.29, 1.82) is 0 Å². The van der Waals surface area contributed by atoms with Gasteiger partial charge in [0.25, 0.3) is 11.8 Å². The molecule has 206 valence electrons. The smallest absolute Gasteiger partial charge is 0.258 e. The highest BCUT2D eigenvalue weighted by Gasteiger charge is 2.22. The molecule has 0 aliphatic carbocycles. The van der Waals surface area contributed by atoms with E-state index in [0.29, 0.717) is 24.2 Å². The Hall–Kier alpha value is -3.56. The molecule has 0 fully saturated rings. The number of anilines is 1. The van der Waals surface area contributed by atoms with Crippen molar-refractivity contribution in [2.24, 2.45) is 0 Å². The van der Waals surface area contributed by atoms with Gasteiger partial charge in [-0.3, -0.25) is 14.6 Å². The van der Waals surface area contributed by atoms with Crippen molar-refractivity contribution in [3.63, 3.8) is 0 Å². The molecule has 0 radical (unpaired) electrons. The van der Waals surface area contributed by atoms with Crippen molar-refractivity contribution >= 4 is 27.3 Å². The minimum absolute atomic E-state index is 0.00294. The van der Waals surface area contributed by atoms with E-state index in [1.165, 1.54) is 0 Å². The number of pyridine rings is 1. The molecule has 1 aromatic heterocycles. The largest absolute Gasteiger partial charge is 0.351 e. The van der Waals surface area contributed by atoms with E-state index in [-0.39, 0.29) is 29.0 Å². The highest BCUT2D eigenvalue weighted by molar-refractivity contribution is 7.91. The third-order valence-corrected chi connectivity index (χ3v) is 8.62. The first-order valence-electron chi connectivity index (χ1n) is 13.5. The zero-order chi connectivity index (χ0) is 27.7. The average Bonchev–Trinajstić information content (AvgIpc) is 2.93. The van der Waals surface area contributed by atoms with Crippen LogP contribution < -0.4 is 15.5 Å². The van der Waals surface area contributed by atoms with Crippen molar-refractivity contribution in [2.45, 2.75) is 50.5 Å². The number of hydrogen-bond acceptors (Lipinski definition) is 6. The number of rotatable bonds is 6. The third-order valence-electron chi connectivity index (χ3n) is 6.89. The number of aryl methyl sites for hydroxylation is 1. The highest BCUT2D eigenvalue weighted by Crippen LogP contribution is 2.26. The van der Waals surface area contributed by atoms with Gasteiger partial charge in [0.15, 0.2) is 9.84 Å². The second-order valence-corrected chi connectivity index (χ2v) is 12.0. The summed E-state index contributed by atoms with van der Waals surface area (Å²) in [4.78, 5) is 32.6. The quantitative estimate of drug-likeness (QED) is 0.476. The Labute approximate surface area is 230 Å². The molecule has 3 aromatic rings. The molecule has 0 spiro atoms. The minimum atomic E-state index is -3.51. The molecule has 8 nitrogen and oxygen atoms in total. The number of fused-ring (bicyclic) bond motifs is 1. The monoisotopic (exact) mass is 548 g/mol. The van der Waals surface area contributed by atoms with Gasteiger partial charge >= 0.3 is 0 Å². The molecule has 2 aromatic carbocycles. The maximum Gasteiger partial charge on any atom is 0.258 e. The first-order valence-corrected chi connectivity index (χ1v) is 15.1. The summed E-state index contributed by atoms with van der Waals surface area (Å²) in [7, 11) is -3.51. The standard InChI is InChI=1S/C30H36N4O4S/c1-23-7-10-27(11-8-23)39(37,38)20-18-33-29(35)25-9-12-28-26(21-25)22-32-15-5-3-2-4-6-19-34(28)30(36)24-13-16-31-17-14-24/h7-14,16-17,21,32H,2-6,15,18-20,22H2,1H3,(H,33,35). The summed E-state index contributed by atoms with van der Waals surface area (Å²) in [6.07, 6.45) is 8.49. The van der Waals surface area contributed by atoms with E-state index < -0.39 is 9.84 Å². The molecular weight excluding hydrogens is 512 g/mol. The van der Waals surface area contributed by atoms with Crippen LogP contribution in [0.3, 0.4) is 0 Å². The molecule has 1 aliphatic rings. The Kier molecular flexibility index (Phi) is 9.84. The number of amides is 2. The van der Waals surface area contributed by atoms with Crippen molar-refractivity contribution < 1.29 is 18.0 Å². The number of nitrogens with zero attached hydrogens (tertiary/aromatic N) is 2. The molecule has 2 heterocycles. The van der Waals surface area contributed by atoms with Gasteiger partial charge in [0.2, 0.25) is 0 Å². The van der Waals surface area contributed by atoms with Gasteiger partial charge in [-0.25, -0.2) is 8.42 Å². The maximum absolute atomic E-state index is 13.5. The summed E-state index contributed by atoms with van der Waals surface area (Å²) in [5, 5.41) is 6.20.